The summed E-state index contributed by atoms with van der Waals surface area (Å²) >= 11 is 0. The highest BCUT2D eigenvalue weighted by molar-refractivity contribution is 5.78. The van der Waals surface area contributed by atoms with Gasteiger partial charge in [0.25, 0.3) is 0 Å². The van der Waals surface area contributed by atoms with Gasteiger partial charge in [0.1, 0.15) is 0 Å². The number of nitrogens with zero attached hydrogens (tertiary/aromatic N) is 2. The van der Waals surface area contributed by atoms with Crippen LogP contribution in [0.25, 0.3) is 0 Å². The molecule has 0 fully saturated rings. The molecular weight excluding hydrogens is 202 g/mol. The maximum absolute atomic E-state index is 8.74. The van der Waals surface area contributed by atoms with Gasteiger partial charge in [0, 0.05) is 6.54 Å². The molecule has 2 rings (SSSR count). The Morgan fingerprint density at radius 3 is 3.00 bits per heavy atom. The summed E-state index contributed by atoms with van der Waals surface area (Å²) in [6.07, 6.45) is 0.942. The molecule has 1 heterocycles. The monoisotopic (exact) mass is 219 g/mol. The second kappa shape index (κ2) is 4.04. The zero-order chi connectivity index (χ0) is 11.7. The molecule has 1 atom stereocenters. The van der Waals surface area contributed by atoms with E-state index in [4.69, 9.17) is 10.9 Å². The smallest absolute Gasteiger partial charge is 0.233 e. The third kappa shape index (κ3) is 1.60. The molecule has 16 heavy (non-hydrogen) atoms. The van der Waals surface area contributed by atoms with E-state index in [0.717, 1.165) is 13.0 Å². The number of hydrogen-bond donors (Lipinski definition) is 2. The SMILES string of the molecule is Cc1cccc2c1C(C)N(/C(N)=N/O)CC2. The van der Waals surface area contributed by atoms with E-state index < -0.39 is 0 Å². The molecule has 0 spiro atoms. The number of rotatable bonds is 0. The Labute approximate surface area is 95.4 Å². The van der Waals surface area contributed by atoms with Gasteiger partial charge in [-0.25, -0.2) is 0 Å². The first-order valence-corrected chi connectivity index (χ1v) is 5.47. The van der Waals surface area contributed by atoms with Gasteiger partial charge in [-0.05, 0) is 37.0 Å². The largest absolute Gasteiger partial charge is 0.408 e. The Morgan fingerprint density at radius 2 is 2.31 bits per heavy atom. The van der Waals surface area contributed by atoms with Crippen LogP contribution in [0.3, 0.4) is 0 Å². The molecule has 3 N–H and O–H groups in total. The number of aryl methyl sites for hydroxylation is 1. The molecular formula is C12H17N3O. The lowest BCUT2D eigenvalue weighted by atomic mass is 9.90. The number of hydrogen-bond acceptors (Lipinski definition) is 2. The van der Waals surface area contributed by atoms with E-state index in [1.165, 1.54) is 16.7 Å². The van der Waals surface area contributed by atoms with Gasteiger partial charge in [-0.3, -0.25) is 0 Å². The summed E-state index contributed by atoms with van der Waals surface area (Å²) < 4.78 is 0. The third-order valence-electron chi connectivity index (χ3n) is 3.32. The van der Waals surface area contributed by atoms with Gasteiger partial charge in [0.05, 0.1) is 6.04 Å². The number of fused-ring (bicyclic) bond motifs is 1. The average molecular weight is 219 g/mol. The molecule has 1 unspecified atom stereocenters. The van der Waals surface area contributed by atoms with E-state index in [0.29, 0.717) is 0 Å². The fraction of sp³-hybridized carbons (Fsp3) is 0.417. The van der Waals surface area contributed by atoms with E-state index in [2.05, 4.69) is 37.2 Å². The highest BCUT2D eigenvalue weighted by Gasteiger charge is 2.26. The molecule has 1 aliphatic rings. The first-order chi connectivity index (χ1) is 7.65. The van der Waals surface area contributed by atoms with Crippen molar-refractivity contribution in [3.05, 3.63) is 34.9 Å². The summed E-state index contributed by atoms with van der Waals surface area (Å²) in [6.45, 7) is 4.99. The van der Waals surface area contributed by atoms with Gasteiger partial charge in [-0.15, -0.1) is 0 Å². The minimum atomic E-state index is 0.167. The topological polar surface area (TPSA) is 61.8 Å². The van der Waals surface area contributed by atoms with Crippen molar-refractivity contribution in [3.8, 4) is 0 Å². The Hall–Kier alpha value is -1.71. The van der Waals surface area contributed by atoms with Crippen LogP contribution in [-0.2, 0) is 6.42 Å². The van der Waals surface area contributed by atoms with Crippen molar-refractivity contribution in [2.75, 3.05) is 6.54 Å². The van der Waals surface area contributed by atoms with Crippen molar-refractivity contribution in [1.82, 2.24) is 4.90 Å². The summed E-state index contributed by atoms with van der Waals surface area (Å²) in [6, 6.07) is 6.51. The molecule has 1 aromatic carbocycles. The molecule has 0 bridgehead atoms. The van der Waals surface area contributed by atoms with Crippen LogP contribution in [0.1, 0.15) is 29.7 Å². The molecule has 1 aromatic rings. The second-order valence-electron chi connectivity index (χ2n) is 4.23. The normalized spacial score (nSPS) is 20.8. The summed E-state index contributed by atoms with van der Waals surface area (Å²) in [7, 11) is 0. The van der Waals surface area contributed by atoms with E-state index in [1.54, 1.807) is 0 Å². The van der Waals surface area contributed by atoms with Crippen LogP contribution in [-0.4, -0.2) is 22.6 Å². The molecule has 4 nitrogen and oxygen atoms in total. The molecule has 0 radical (unpaired) electrons. The zero-order valence-corrected chi connectivity index (χ0v) is 9.64. The summed E-state index contributed by atoms with van der Waals surface area (Å²) in [5, 5.41) is 11.8. The highest BCUT2D eigenvalue weighted by atomic mass is 16.4. The molecule has 1 aliphatic heterocycles. The lowest BCUT2D eigenvalue weighted by molar-refractivity contribution is 0.269. The Balaban J connectivity index is 2.42. The van der Waals surface area contributed by atoms with Crippen molar-refractivity contribution in [2.24, 2.45) is 10.9 Å². The van der Waals surface area contributed by atoms with Gasteiger partial charge in [-0.2, -0.15) is 0 Å². The number of oxime groups is 1. The quantitative estimate of drug-likeness (QED) is 0.301. The highest BCUT2D eigenvalue weighted by Crippen LogP contribution is 2.31. The van der Waals surface area contributed by atoms with Gasteiger partial charge >= 0.3 is 0 Å². The van der Waals surface area contributed by atoms with Crippen molar-refractivity contribution in [1.29, 1.82) is 0 Å². The summed E-state index contributed by atoms with van der Waals surface area (Å²) in [5.41, 5.74) is 9.61. The Bertz CT molecular complexity index is 428. The van der Waals surface area contributed by atoms with Crippen LogP contribution in [0.15, 0.2) is 23.4 Å². The second-order valence-corrected chi connectivity index (χ2v) is 4.23. The summed E-state index contributed by atoms with van der Waals surface area (Å²) in [5.74, 6) is 0.196. The maximum Gasteiger partial charge on any atom is 0.233 e. The van der Waals surface area contributed by atoms with Gasteiger partial charge in [0.2, 0.25) is 5.96 Å². The first-order valence-electron chi connectivity index (χ1n) is 5.47. The van der Waals surface area contributed by atoms with E-state index in [1.807, 2.05) is 4.90 Å². The number of nitrogens with two attached hydrogens (primary N) is 1. The van der Waals surface area contributed by atoms with Gasteiger partial charge in [0.15, 0.2) is 0 Å². The maximum atomic E-state index is 8.74. The molecule has 0 saturated heterocycles. The average Bonchev–Trinajstić information content (AvgIpc) is 2.28. The molecule has 86 valence electrons. The van der Waals surface area contributed by atoms with Crippen molar-refractivity contribution in [2.45, 2.75) is 26.3 Å². The van der Waals surface area contributed by atoms with Gasteiger partial charge < -0.3 is 15.8 Å². The minimum absolute atomic E-state index is 0.167. The predicted molar refractivity (Wildman–Crippen MR) is 63.4 cm³/mol. The lowest BCUT2D eigenvalue weighted by Gasteiger charge is -2.36. The third-order valence-corrected chi connectivity index (χ3v) is 3.32. The molecule has 0 aliphatic carbocycles. The van der Waals surface area contributed by atoms with Crippen molar-refractivity contribution >= 4 is 5.96 Å². The van der Waals surface area contributed by atoms with Crippen LogP contribution in [0.4, 0.5) is 0 Å². The van der Waals surface area contributed by atoms with Crippen molar-refractivity contribution < 1.29 is 5.21 Å². The van der Waals surface area contributed by atoms with E-state index in [9.17, 15) is 0 Å². The van der Waals surface area contributed by atoms with Crippen LogP contribution < -0.4 is 5.73 Å². The number of guanidine groups is 1. The van der Waals surface area contributed by atoms with E-state index in [-0.39, 0.29) is 12.0 Å². The van der Waals surface area contributed by atoms with Crippen LogP contribution >= 0.6 is 0 Å². The standard InChI is InChI=1S/C12H17N3O/c1-8-4-3-5-10-6-7-15(12(13)14-16)9(2)11(8)10/h3-5,9,16H,6-7H2,1-2H3,(H2,13,14). The zero-order valence-electron chi connectivity index (χ0n) is 9.64. The molecule has 0 saturated carbocycles. The van der Waals surface area contributed by atoms with Crippen LogP contribution in [0, 0.1) is 6.92 Å². The predicted octanol–water partition coefficient (Wildman–Crippen LogP) is 1.62. The number of benzene rings is 1. The fourth-order valence-corrected chi connectivity index (χ4v) is 2.52. The Kier molecular flexibility index (Phi) is 2.73. The summed E-state index contributed by atoms with van der Waals surface area (Å²) in [4.78, 5) is 1.93. The van der Waals surface area contributed by atoms with Crippen molar-refractivity contribution in [3.63, 3.8) is 0 Å². The minimum Gasteiger partial charge on any atom is -0.408 e. The first kappa shape index (κ1) is 10.8. The lowest BCUT2D eigenvalue weighted by Crippen LogP contribution is -2.43. The van der Waals surface area contributed by atoms with Crippen LogP contribution in [0.2, 0.25) is 0 Å². The Morgan fingerprint density at radius 1 is 1.56 bits per heavy atom. The van der Waals surface area contributed by atoms with Crippen LogP contribution in [0.5, 0.6) is 0 Å². The molecule has 4 heteroatoms. The van der Waals surface area contributed by atoms with E-state index >= 15 is 0 Å². The fourth-order valence-electron chi connectivity index (χ4n) is 2.52. The molecule has 0 amide bonds. The molecule has 0 aromatic heterocycles. The van der Waals surface area contributed by atoms with Gasteiger partial charge in [-0.1, -0.05) is 23.4 Å².